The first-order valence-electron chi connectivity index (χ1n) is 29.6. The highest BCUT2D eigenvalue weighted by Crippen LogP contribution is 2.62. The molecule has 1 aromatic carbocycles. The highest BCUT2D eigenvalue weighted by molar-refractivity contribution is 6.50. The summed E-state index contributed by atoms with van der Waals surface area (Å²) in [7, 11) is 0. The molecule has 0 radical (unpaired) electrons. The molecule has 18 heteroatoms. The van der Waals surface area contributed by atoms with Crippen molar-refractivity contribution in [3.05, 3.63) is 153 Å². The fourth-order valence-electron chi connectivity index (χ4n) is 16.6. The van der Waals surface area contributed by atoms with E-state index < -0.39 is 39.3 Å². The Labute approximate surface area is 486 Å². The van der Waals surface area contributed by atoms with Crippen molar-refractivity contribution >= 4 is 70.1 Å². The summed E-state index contributed by atoms with van der Waals surface area (Å²) in [5.41, 5.74) is 3.27. The number of aromatic nitrogens is 2. The van der Waals surface area contributed by atoms with Crippen LogP contribution in [0.4, 0.5) is 16.0 Å². The molecular formula is C65H66ClFN10O6. The molecule has 6 unspecified atom stereocenters. The lowest BCUT2D eigenvalue weighted by molar-refractivity contribution is -0.135. The average Bonchev–Trinajstić information content (AvgIpc) is 3.92. The van der Waals surface area contributed by atoms with Gasteiger partial charge in [-0.05, 0) is 162 Å². The molecule has 4 N–H and O–H groups in total. The predicted molar refractivity (Wildman–Crippen MR) is 311 cm³/mol. The van der Waals surface area contributed by atoms with Gasteiger partial charge in [-0.25, -0.2) is 14.4 Å². The Hall–Kier alpha value is -7.66. The number of allylic oxidation sites excluding steroid dienone is 11. The number of pyridine rings is 2. The number of nitrogens with one attached hydrogen (secondary N) is 4. The Balaban J connectivity index is 0.658. The molecule has 16 nitrogen and oxygen atoms in total. The van der Waals surface area contributed by atoms with E-state index in [0.717, 1.165) is 47.1 Å². The van der Waals surface area contributed by atoms with Crippen LogP contribution >= 0.6 is 11.6 Å². The Morgan fingerprint density at radius 3 is 1.77 bits per heavy atom. The van der Waals surface area contributed by atoms with Crippen LogP contribution < -0.4 is 21.3 Å². The van der Waals surface area contributed by atoms with Gasteiger partial charge in [-0.15, -0.1) is 0 Å². The number of halogens is 2. The van der Waals surface area contributed by atoms with Gasteiger partial charge in [0, 0.05) is 46.1 Å². The van der Waals surface area contributed by atoms with Crippen LogP contribution in [0.2, 0.25) is 5.02 Å². The predicted octanol–water partition coefficient (Wildman–Crippen LogP) is 9.97. The maximum atomic E-state index is 16.9. The fourth-order valence-corrected chi connectivity index (χ4v) is 16.9. The standard InChI is InChI=1S/C65H66ClFN10O6/c1-60-32-42(19-17-40(60)30-62(36-60)46-13-9-27-68-54(46)72-58(62)82)70-50(78)34-76-57(81)53(75-64(76)23-6-3-7-24-64)45-21-16-39(29-49(45)67)38-11-8-25-65(26-22-38)74-52(44-12-4-5-15-48(44)66)56(80)77(65)35-51(79)71-43-20-18-41-31-63(37-61(41,2)33-43)47-14-10-28-69-55(47)73-59(63)83/h4-5,9-10,12-15,17-20,27-29,38H,3,6-8,11,16,21-26,30-37H2,1-2H3,(H,70,78)(H,71,79)(H,68,72,82)(H,69,73,83). The van der Waals surface area contributed by atoms with Gasteiger partial charge in [0.2, 0.25) is 23.6 Å². The van der Waals surface area contributed by atoms with Crippen LogP contribution in [0.3, 0.4) is 0 Å². The van der Waals surface area contributed by atoms with E-state index in [1.54, 1.807) is 46.5 Å². The molecule has 6 amide bonds. The number of nitrogens with zero attached hydrogens (tertiary/aromatic N) is 6. The summed E-state index contributed by atoms with van der Waals surface area (Å²) in [6.45, 7) is 3.80. The van der Waals surface area contributed by atoms with Crippen LogP contribution in [0.15, 0.2) is 141 Å². The molecule has 4 saturated carbocycles. The van der Waals surface area contributed by atoms with E-state index in [4.69, 9.17) is 21.6 Å². The summed E-state index contributed by atoms with van der Waals surface area (Å²) in [6.07, 6.45) is 23.5. The highest BCUT2D eigenvalue weighted by Gasteiger charge is 2.60. The van der Waals surface area contributed by atoms with Gasteiger partial charge in [-0.1, -0.05) is 91.1 Å². The van der Waals surface area contributed by atoms with Gasteiger partial charge in [0.15, 0.2) is 0 Å². The quantitative estimate of drug-likeness (QED) is 0.162. The topological polar surface area (TPSA) is 208 Å². The third-order valence-electron chi connectivity index (χ3n) is 20.7. The number of amides is 6. The molecule has 4 fully saturated rings. The molecule has 7 aliphatic carbocycles. The number of carbonyl (C=O) groups is 6. The molecule has 11 aliphatic rings. The van der Waals surface area contributed by atoms with E-state index in [0.29, 0.717) is 124 Å². The molecule has 4 spiro atoms. The van der Waals surface area contributed by atoms with Gasteiger partial charge >= 0.3 is 0 Å². The molecule has 3 aromatic rings. The minimum absolute atomic E-state index is 0.0492. The maximum Gasteiger partial charge on any atom is 0.275 e. The fraction of sp³-hybridized carbons (Fsp3) is 0.446. The van der Waals surface area contributed by atoms with Crippen LogP contribution in [-0.4, -0.2) is 91.0 Å². The first-order chi connectivity index (χ1) is 39.9. The van der Waals surface area contributed by atoms with Crippen molar-refractivity contribution in [2.45, 2.75) is 152 Å². The minimum atomic E-state index is -1.06. The lowest BCUT2D eigenvalue weighted by Gasteiger charge is -2.39. The second-order valence-corrected chi connectivity index (χ2v) is 26.2. The number of aliphatic imine (C=N–C) groups is 2. The minimum Gasteiger partial charge on any atom is -0.328 e. The van der Waals surface area contributed by atoms with Gasteiger partial charge < -0.3 is 31.1 Å². The van der Waals surface area contributed by atoms with Crippen molar-refractivity contribution in [2.24, 2.45) is 26.7 Å². The smallest absolute Gasteiger partial charge is 0.275 e. The molecule has 14 rings (SSSR count). The largest absolute Gasteiger partial charge is 0.328 e. The lowest BCUT2D eigenvalue weighted by Crippen LogP contribution is -2.52. The van der Waals surface area contributed by atoms with Crippen molar-refractivity contribution < 1.29 is 33.2 Å². The van der Waals surface area contributed by atoms with Crippen LogP contribution in [0, 0.1) is 16.7 Å². The molecule has 2 aromatic heterocycles. The lowest BCUT2D eigenvalue weighted by atomic mass is 9.74. The SMILES string of the molecule is CC12CC(NC(=O)CN3C(=O)C(C4=C(F)C=C(C5CCCC6(CC5)N=C(c5ccccc5Cl)C(=O)N6CC(=O)NC5=CC=C6CC7(CC6(C)C5)C(=O)Nc5ncccc57)CC4)=NC34CCCCC4)=CC=C1CC1(C2)C(=O)Nc2ncccc21. The Morgan fingerprint density at radius 2 is 1.19 bits per heavy atom. The van der Waals surface area contributed by atoms with Crippen molar-refractivity contribution in [2.75, 3.05) is 23.7 Å². The summed E-state index contributed by atoms with van der Waals surface area (Å²) in [4.78, 5) is 107. The van der Waals surface area contributed by atoms with Crippen LogP contribution in [0.25, 0.3) is 0 Å². The zero-order valence-corrected chi connectivity index (χ0v) is 47.5. The summed E-state index contributed by atoms with van der Waals surface area (Å²) in [6, 6.07) is 14.8. The van der Waals surface area contributed by atoms with Crippen molar-refractivity contribution in [1.29, 1.82) is 0 Å². The summed E-state index contributed by atoms with van der Waals surface area (Å²) >= 11 is 6.73. The van der Waals surface area contributed by atoms with Gasteiger partial charge in [-0.3, -0.25) is 38.8 Å². The Morgan fingerprint density at radius 1 is 0.651 bits per heavy atom. The molecule has 6 atom stereocenters. The van der Waals surface area contributed by atoms with Gasteiger partial charge in [0.1, 0.15) is 53.3 Å². The zero-order valence-electron chi connectivity index (χ0n) is 46.8. The van der Waals surface area contributed by atoms with E-state index in [2.05, 4.69) is 45.1 Å². The van der Waals surface area contributed by atoms with E-state index in [1.165, 1.54) is 0 Å². The number of hydrogen-bond acceptors (Lipinski definition) is 10. The number of benzene rings is 1. The Kier molecular flexibility index (Phi) is 12.5. The van der Waals surface area contributed by atoms with E-state index in [-0.39, 0.29) is 77.4 Å². The molecular weight excluding hydrogens is 1070 g/mol. The second kappa shape index (κ2) is 19.5. The Bertz CT molecular complexity index is 3700. The maximum absolute atomic E-state index is 16.9. The molecule has 0 saturated heterocycles. The number of hydrogen-bond donors (Lipinski definition) is 4. The molecule has 83 heavy (non-hydrogen) atoms. The van der Waals surface area contributed by atoms with Crippen molar-refractivity contribution in [3.63, 3.8) is 0 Å². The molecule has 426 valence electrons. The van der Waals surface area contributed by atoms with Crippen molar-refractivity contribution in [1.82, 2.24) is 30.4 Å². The van der Waals surface area contributed by atoms with Crippen LogP contribution in [0.5, 0.6) is 0 Å². The van der Waals surface area contributed by atoms with Gasteiger partial charge in [-0.2, -0.15) is 0 Å². The second-order valence-electron chi connectivity index (χ2n) is 25.8. The average molecular weight is 1140 g/mol. The summed E-state index contributed by atoms with van der Waals surface area (Å²) in [5, 5.41) is 12.6. The highest BCUT2D eigenvalue weighted by atomic mass is 35.5. The zero-order chi connectivity index (χ0) is 57.3. The van der Waals surface area contributed by atoms with E-state index >= 15 is 4.39 Å². The number of carbonyl (C=O) groups excluding carboxylic acids is 6. The van der Waals surface area contributed by atoms with Crippen molar-refractivity contribution in [3.8, 4) is 0 Å². The first kappa shape index (κ1) is 53.4. The first-order valence-corrected chi connectivity index (χ1v) is 29.9. The van der Waals surface area contributed by atoms with Gasteiger partial charge in [0.25, 0.3) is 11.8 Å². The number of rotatable bonds is 9. The molecule has 6 heterocycles. The van der Waals surface area contributed by atoms with Gasteiger partial charge in [0.05, 0.1) is 15.9 Å². The summed E-state index contributed by atoms with van der Waals surface area (Å²) < 4.78 is 16.9. The van der Waals surface area contributed by atoms with E-state index in [9.17, 15) is 28.8 Å². The third-order valence-corrected chi connectivity index (χ3v) is 21.0. The van der Waals surface area contributed by atoms with E-state index in [1.807, 2.05) is 54.6 Å². The number of anilines is 2. The van der Waals surface area contributed by atoms with Crippen LogP contribution in [0.1, 0.15) is 146 Å². The molecule has 0 bridgehead atoms. The monoisotopic (exact) mass is 1140 g/mol. The van der Waals surface area contributed by atoms with Crippen LogP contribution in [-0.2, 0) is 39.6 Å². The summed E-state index contributed by atoms with van der Waals surface area (Å²) in [5.74, 6) is -0.967. The molecule has 4 aliphatic heterocycles. The third kappa shape index (κ3) is 8.55. The normalized spacial score (nSPS) is 31.1. The number of fused-ring (bicyclic) bond motifs is 6.